The van der Waals surface area contributed by atoms with Crippen LogP contribution in [-0.4, -0.2) is 26.3 Å². The van der Waals surface area contributed by atoms with Crippen molar-refractivity contribution in [3.05, 3.63) is 0 Å². The molecule has 0 aromatic heterocycles. The van der Waals surface area contributed by atoms with Crippen LogP contribution in [0.2, 0.25) is 0 Å². The third kappa shape index (κ3) is 6.34. The molecule has 0 fully saturated rings. The van der Waals surface area contributed by atoms with Gasteiger partial charge in [-0.25, -0.2) is 9.59 Å². The van der Waals surface area contributed by atoms with E-state index in [0.29, 0.717) is 0 Å². The predicted octanol–water partition coefficient (Wildman–Crippen LogP) is 0.416. The van der Waals surface area contributed by atoms with Gasteiger partial charge in [-0.3, -0.25) is 0 Å². The molecule has 13 heavy (non-hydrogen) atoms. The molecule has 2 N–H and O–H groups in total. The van der Waals surface area contributed by atoms with E-state index >= 15 is 0 Å². The van der Waals surface area contributed by atoms with Crippen molar-refractivity contribution in [1.82, 2.24) is 10.9 Å². The van der Waals surface area contributed by atoms with E-state index in [4.69, 9.17) is 0 Å². The first-order chi connectivity index (χ1) is 6.20. The maximum absolute atomic E-state index is 10.6. The zero-order valence-corrected chi connectivity index (χ0v) is 7.01. The Balaban J connectivity index is 3.71. The van der Waals surface area contributed by atoms with E-state index in [-0.39, 0.29) is 0 Å². The number of amides is 2. The molecular weight excluding hydrogens is 180 g/mol. The molecular formula is C4H8N6O3. The topological polar surface area (TPSA) is 117 Å². The minimum atomic E-state index is -1.06. The molecule has 0 aromatic carbocycles. The van der Waals surface area contributed by atoms with Crippen molar-refractivity contribution in [3.8, 4) is 0 Å². The summed E-state index contributed by atoms with van der Waals surface area (Å²) in [6.45, 7) is 0. The third-order valence-electron chi connectivity index (χ3n) is 0.668. The van der Waals surface area contributed by atoms with Crippen LogP contribution in [0.15, 0.2) is 20.7 Å². The standard InChI is InChI=1S/C4H8N6O3/c1-5-9-7-3(11)13-4(12)8-10-6-2/h1-2H3,(H,5,7,11)(H,6,8,12). The van der Waals surface area contributed by atoms with Gasteiger partial charge in [0, 0.05) is 0 Å². The number of hydrogen-bond donors (Lipinski definition) is 2. The van der Waals surface area contributed by atoms with Crippen molar-refractivity contribution in [1.29, 1.82) is 0 Å². The van der Waals surface area contributed by atoms with Crippen molar-refractivity contribution in [2.75, 3.05) is 14.1 Å². The molecule has 0 aliphatic carbocycles. The molecule has 9 heteroatoms. The van der Waals surface area contributed by atoms with Crippen LogP contribution in [0.4, 0.5) is 9.59 Å². The highest BCUT2D eigenvalue weighted by atomic mass is 16.6. The Bertz CT molecular complexity index is 212. The fourth-order valence-electron chi connectivity index (χ4n) is 0.311. The molecule has 0 unspecified atom stereocenters. The summed E-state index contributed by atoms with van der Waals surface area (Å²) >= 11 is 0. The molecule has 0 saturated heterocycles. The highest BCUT2D eigenvalue weighted by molar-refractivity contribution is 5.82. The molecule has 0 bridgehead atoms. The molecule has 72 valence electrons. The second-order valence-corrected chi connectivity index (χ2v) is 1.50. The van der Waals surface area contributed by atoms with E-state index in [0.717, 1.165) is 0 Å². The van der Waals surface area contributed by atoms with Gasteiger partial charge in [-0.2, -0.15) is 21.1 Å². The summed E-state index contributed by atoms with van der Waals surface area (Å²) in [5, 5.41) is 12.5. The minimum absolute atomic E-state index is 1.06. The molecule has 0 aliphatic rings. The lowest BCUT2D eigenvalue weighted by Gasteiger charge is -1.97. The van der Waals surface area contributed by atoms with Gasteiger partial charge in [0.2, 0.25) is 0 Å². The van der Waals surface area contributed by atoms with Gasteiger partial charge in [-0.05, 0) is 0 Å². The SMILES string of the molecule is C/N=N/NC(=O)OC(=O)N/N=N/C. The Morgan fingerprint density at radius 1 is 1.00 bits per heavy atom. The van der Waals surface area contributed by atoms with Gasteiger partial charge >= 0.3 is 12.2 Å². The van der Waals surface area contributed by atoms with Crippen LogP contribution >= 0.6 is 0 Å². The number of rotatable bonds is 2. The second kappa shape index (κ2) is 6.64. The van der Waals surface area contributed by atoms with Crippen molar-refractivity contribution in [2.45, 2.75) is 0 Å². The molecule has 0 aromatic rings. The Labute approximate surface area is 73.2 Å². The summed E-state index contributed by atoms with van der Waals surface area (Å²) in [6, 6.07) is 0. The molecule has 0 spiro atoms. The normalized spacial score (nSPS) is 10.3. The lowest BCUT2D eigenvalue weighted by Crippen LogP contribution is -2.27. The van der Waals surface area contributed by atoms with Gasteiger partial charge in [0.05, 0.1) is 14.1 Å². The first kappa shape index (κ1) is 10.9. The van der Waals surface area contributed by atoms with E-state index < -0.39 is 12.2 Å². The van der Waals surface area contributed by atoms with E-state index in [9.17, 15) is 9.59 Å². The predicted molar refractivity (Wildman–Crippen MR) is 39.7 cm³/mol. The summed E-state index contributed by atoms with van der Waals surface area (Å²) < 4.78 is 4.05. The van der Waals surface area contributed by atoms with Gasteiger partial charge < -0.3 is 4.74 Å². The van der Waals surface area contributed by atoms with Crippen LogP contribution in [0, 0.1) is 0 Å². The van der Waals surface area contributed by atoms with E-state index in [1.807, 2.05) is 0 Å². The number of ether oxygens (including phenoxy) is 1. The Morgan fingerprint density at radius 3 is 1.69 bits per heavy atom. The van der Waals surface area contributed by atoms with Crippen molar-refractivity contribution >= 4 is 12.2 Å². The van der Waals surface area contributed by atoms with Gasteiger partial charge in [-0.15, -0.1) is 0 Å². The molecule has 9 nitrogen and oxygen atoms in total. The smallest absolute Gasteiger partial charge is 0.357 e. The van der Waals surface area contributed by atoms with Gasteiger partial charge in [0.15, 0.2) is 0 Å². The second-order valence-electron chi connectivity index (χ2n) is 1.50. The summed E-state index contributed by atoms with van der Waals surface area (Å²) in [6.07, 6.45) is -2.12. The summed E-state index contributed by atoms with van der Waals surface area (Å²) in [5.74, 6) is 0. The van der Waals surface area contributed by atoms with Crippen LogP contribution in [0.1, 0.15) is 0 Å². The van der Waals surface area contributed by atoms with E-state index in [1.165, 1.54) is 14.1 Å². The zero-order valence-electron chi connectivity index (χ0n) is 7.01. The highest BCUT2D eigenvalue weighted by Gasteiger charge is 2.07. The van der Waals surface area contributed by atoms with Crippen LogP contribution in [0.5, 0.6) is 0 Å². The number of hydrogen-bond acceptors (Lipinski definition) is 7. The average Bonchev–Trinajstić information content (AvgIpc) is 2.11. The van der Waals surface area contributed by atoms with Crippen LogP contribution in [-0.2, 0) is 4.74 Å². The third-order valence-corrected chi connectivity index (χ3v) is 0.668. The fourth-order valence-corrected chi connectivity index (χ4v) is 0.311. The number of carbonyl (C=O) groups is 2. The fraction of sp³-hybridized carbons (Fsp3) is 0.500. The molecule has 0 rings (SSSR count). The molecule has 0 aliphatic heterocycles. The number of nitrogens with zero attached hydrogens (tertiary/aromatic N) is 4. The number of carbonyl (C=O) groups excluding carboxylic acids is 2. The van der Waals surface area contributed by atoms with E-state index in [1.54, 1.807) is 10.9 Å². The largest absolute Gasteiger partial charge is 0.438 e. The zero-order chi connectivity index (χ0) is 10.1. The summed E-state index contributed by atoms with van der Waals surface area (Å²) in [7, 11) is 2.68. The van der Waals surface area contributed by atoms with Gasteiger partial charge in [0.25, 0.3) is 0 Å². The first-order valence-corrected chi connectivity index (χ1v) is 3.06. The first-order valence-electron chi connectivity index (χ1n) is 3.06. The lowest BCUT2D eigenvalue weighted by atomic mass is 11.1. The summed E-state index contributed by atoms with van der Waals surface area (Å²) in [5.41, 5.74) is 3.61. The highest BCUT2D eigenvalue weighted by Crippen LogP contribution is 1.80. The quantitative estimate of drug-likeness (QED) is 0.371. The molecule has 0 heterocycles. The molecule has 0 atom stereocenters. The van der Waals surface area contributed by atoms with Crippen molar-refractivity contribution in [3.63, 3.8) is 0 Å². The Morgan fingerprint density at radius 2 is 1.38 bits per heavy atom. The number of nitrogens with one attached hydrogen (secondary N) is 2. The monoisotopic (exact) mass is 188 g/mol. The minimum Gasteiger partial charge on any atom is -0.357 e. The van der Waals surface area contributed by atoms with E-state index in [2.05, 4.69) is 25.4 Å². The maximum atomic E-state index is 10.6. The Hall–Kier alpha value is -2.06. The van der Waals surface area contributed by atoms with Crippen molar-refractivity contribution in [2.24, 2.45) is 20.7 Å². The van der Waals surface area contributed by atoms with Gasteiger partial charge in [0.1, 0.15) is 0 Å². The maximum Gasteiger partial charge on any atom is 0.438 e. The average molecular weight is 188 g/mol. The molecule has 2 amide bonds. The molecule has 0 radical (unpaired) electrons. The van der Waals surface area contributed by atoms with Crippen LogP contribution in [0.3, 0.4) is 0 Å². The lowest BCUT2D eigenvalue weighted by molar-refractivity contribution is 0.149. The molecule has 0 saturated carbocycles. The van der Waals surface area contributed by atoms with Crippen LogP contribution < -0.4 is 10.9 Å². The summed E-state index contributed by atoms with van der Waals surface area (Å²) in [4.78, 5) is 21.1. The Kier molecular flexibility index (Phi) is 5.59. The van der Waals surface area contributed by atoms with Crippen molar-refractivity contribution < 1.29 is 14.3 Å². The van der Waals surface area contributed by atoms with Crippen LogP contribution in [0.25, 0.3) is 0 Å². The van der Waals surface area contributed by atoms with Gasteiger partial charge in [-0.1, -0.05) is 10.4 Å².